The highest BCUT2D eigenvalue weighted by Gasteiger charge is 2.21. The van der Waals surface area contributed by atoms with E-state index in [0.717, 1.165) is 11.3 Å². The van der Waals surface area contributed by atoms with E-state index in [-0.39, 0.29) is 24.0 Å². The van der Waals surface area contributed by atoms with Crippen molar-refractivity contribution in [2.45, 2.75) is 33.4 Å². The number of benzene rings is 1. The highest BCUT2D eigenvalue weighted by atomic mass is 32.1. The molecule has 0 unspecified atom stereocenters. The van der Waals surface area contributed by atoms with Crippen LogP contribution in [0.3, 0.4) is 0 Å². The lowest BCUT2D eigenvalue weighted by molar-refractivity contribution is 0.0383. The van der Waals surface area contributed by atoms with Crippen LogP contribution in [0, 0.1) is 6.92 Å². The lowest BCUT2D eigenvalue weighted by Gasteiger charge is -2.07. The van der Waals surface area contributed by atoms with E-state index >= 15 is 0 Å². The maximum absolute atomic E-state index is 12.9. The van der Waals surface area contributed by atoms with Crippen LogP contribution in [-0.2, 0) is 11.3 Å². The minimum absolute atomic E-state index is 0.144. The molecule has 0 saturated carbocycles. The third-order valence-electron chi connectivity index (χ3n) is 4.17. The van der Waals surface area contributed by atoms with Crippen molar-refractivity contribution in [2.24, 2.45) is 0 Å². The van der Waals surface area contributed by atoms with Crippen LogP contribution in [0.15, 0.2) is 35.4 Å². The topological polar surface area (TPSA) is 87.5 Å². The number of fused-ring (bicyclic) bond motifs is 1. The van der Waals surface area contributed by atoms with Crippen molar-refractivity contribution in [1.82, 2.24) is 9.55 Å². The van der Waals surface area contributed by atoms with E-state index in [4.69, 9.17) is 9.47 Å². The van der Waals surface area contributed by atoms with Crippen LogP contribution >= 0.6 is 11.3 Å². The fourth-order valence-electron chi connectivity index (χ4n) is 2.76. The Balaban J connectivity index is 1.93. The molecule has 28 heavy (non-hydrogen) atoms. The molecule has 0 amide bonds. The molecular formula is C20H20N2O5S. The van der Waals surface area contributed by atoms with Crippen LogP contribution in [0.1, 0.15) is 39.4 Å². The molecule has 0 fully saturated rings. The Morgan fingerprint density at radius 1 is 1.21 bits per heavy atom. The van der Waals surface area contributed by atoms with Gasteiger partial charge in [-0.1, -0.05) is 0 Å². The molecule has 0 spiro atoms. The quantitative estimate of drug-likeness (QED) is 0.466. The molecule has 146 valence electrons. The summed E-state index contributed by atoms with van der Waals surface area (Å²) in [6.07, 6.45) is 1.07. The van der Waals surface area contributed by atoms with Crippen molar-refractivity contribution in [2.75, 3.05) is 7.11 Å². The predicted molar refractivity (Wildman–Crippen MR) is 106 cm³/mol. The van der Waals surface area contributed by atoms with Gasteiger partial charge >= 0.3 is 5.97 Å². The first kappa shape index (κ1) is 19.8. The second-order valence-corrected chi connectivity index (χ2v) is 7.52. The van der Waals surface area contributed by atoms with Crippen molar-refractivity contribution < 1.29 is 19.1 Å². The molecule has 3 aromatic rings. The zero-order valence-corrected chi connectivity index (χ0v) is 16.8. The maximum Gasteiger partial charge on any atom is 0.348 e. The minimum atomic E-state index is -0.476. The smallest absolute Gasteiger partial charge is 0.348 e. The lowest BCUT2D eigenvalue weighted by Crippen LogP contribution is -2.24. The second-order valence-electron chi connectivity index (χ2n) is 6.52. The highest BCUT2D eigenvalue weighted by Crippen LogP contribution is 2.27. The highest BCUT2D eigenvalue weighted by molar-refractivity contribution is 7.20. The number of esters is 1. The first-order valence-electron chi connectivity index (χ1n) is 8.68. The molecule has 0 aliphatic rings. The second kappa shape index (κ2) is 7.93. The molecule has 3 rings (SSSR count). The van der Waals surface area contributed by atoms with E-state index in [1.165, 1.54) is 10.9 Å². The van der Waals surface area contributed by atoms with Crippen molar-refractivity contribution in [3.05, 3.63) is 57.0 Å². The fourth-order valence-corrected chi connectivity index (χ4v) is 3.78. The van der Waals surface area contributed by atoms with Gasteiger partial charge in [0.2, 0.25) is 0 Å². The SMILES string of the molecule is COc1ccc(C(=O)Cn2cnc3sc(C(=O)OC(C)C)c(C)c3c2=O)cc1. The van der Waals surface area contributed by atoms with Crippen LogP contribution in [0.25, 0.3) is 10.2 Å². The van der Waals surface area contributed by atoms with E-state index in [0.29, 0.717) is 32.0 Å². The number of carbonyl (C=O) groups is 2. The van der Waals surface area contributed by atoms with Crippen molar-refractivity contribution >= 4 is 33.3 Å². The average molecular weight is 400 g/mol. The molecule has 7 nitrogen and oxygen atoms in total. The number of hydrogen-bond donors (Lipinski definition) is 0. The predicted octanol–water partition coefficient (Wildman–Crippen LogP) is 3.22. The Morgan fingerprint density at radius 2 is 1.89 bits per heavy atom. The Bertz CT molecular complexity index is 1100. The van der Waals surface area contributed by atoms with Gasteiger partial charge in [0.25, 0.3) is 5.56 Å². The van der Waals surface area contributed by atoms with Crippen LogP contribution in [0.5, 0.6) is 5.75 Å². The van der Waals surface area contributed by atoms with Crippen molar-refractivity contribution in [3.63, 3.8) is 0 Å². The first-order valence-corrected chi connectivity index (χ1v) is 9.50. The summed E-state index contributed by atoms with van der Waals surface area (Å²) in [5.74, 6) is -0.0551. The molecular weight excluding hydrogens is 380 g/mol. The number of rotatable bonds is 6. The lowest BCUT2D eigenvalue weighted by atomic mass is 10.1. The maximum atomic E-state index is 12.9. The van der Waals surface area contributed by atoms with Crippen LogP contribution in [-0.4, -0.2) is 34.5 Å². The van der Waals surface area contributed by atoms with Gasteiger partial charge < -0.3 is 9.47 Å². The Kier molecular flexibility index (Phi) is 5.60. The third kappa shape index (κ3) is 3.82. The van der Waals surface area contributed by atoms with Gasteiger partial charge in [0.1, 0.15) is 15.5 Å². The van der Waals surface area contributed by atoms with E-state index in [2.05, 4.69) is 4.98 Å². The molecule has 0 radical (unpaired) electrons. The number of ketones is 1. The zero-order valence-electron chi connectivity index (χ0n) is 16.0. The van der Waals surface area contributed by atoms with Gasteiger partial charge in [0.15, 0.2) is 5.78 Å². The standard InChI is InChI=1S/C20H20N2O5S/c1-11(2)27-20(25)17-12(3)16-18(28-17)21-10-22(19(16)24)9-15(23)13-5-7-14(26-4)8-6-13/h5-8,10-11H,9H2,1-4H3. The van der Waals surface area contributed by atoms with E-state index < -0.39 is 5.97 Å². The van der Waals surface area contributed by atoms with Gasteiger partial charge in [0.05, 0.1) is 31.5 Å². The summed E-state index contributed by atoms with van der Waals surface area (Å²) >= 11 is 1.12. The molecule has 0 saturated heterocycles. The molecule has 0 aliphatic carbocycles. The zero-order chi connectivity index (χ0) is 20.4. The van der Waals surface area contributed by atoms with E-state index in [9.17, 15) is 14.4 Å². The monoisotopic (exact) mass is 400 g/mol. The van der Waals surface area contributed by atoms with Crippen LogP contribution in [0.4, 0.5) is 0 Å². The van der Waals surface area contributed by atoms with Gasteiger partial charge in [0, 0.05) is 5.56 Å². The first-order chi connectivity index (χ1) is 13.3. The average Bonchev–Trinajstić information content (AvgIpc) is 3.01. The van der Waals surface area contributed by atoms with Gasteiger partial charge in [-0.05, 0) is 50.6 Å². The van der Waals surface area contributed by atoms with Crippen molar-refractivity contribution in [3.8, 4) is 5.75 Å². The number of aryl methyl sites for hydroxylation is 1. The Hall–Kier alpha value is -3.00. The largest absolute Gasteiger partial charge is 0.497 e. The summed E-state index contributed by atoms with van der Waals surface area (Å²) in [6.45, 7) is 5.07. The molecule has 1 aromatic carbocycles. The number of ether oxygens (including phenoxy) is 2. The minimum Gasteiger partial charge on any atom is -0.497 e. The third-order valence-corrected chi connectivity index (χ3v) is 5.35. The number of Topliss-reactive ketones (excluding diaryl/α,β-unsaturated/α-hetero) is 1. The Labute approximate surface area is 165 Å². The Morgan fingerprint density at radius 3 is 2.50 bits per heavy atom. The molecule has 2 heterocycles. The molecule has 8 heteroatoms. The van der Waals surface area contributed by atoms with Gasteiger partial charge in [-0.15, -0.1) is 11.3 Å². The van der Waals surface area contributed by atoms with E-state index in [1.54, 1.807) is 52.1 Å². The number of thiophene rings is 1. The van der Waals surface area contributed by atoms with Crippen molar-refractivity contribution in [1.29, 1.82) is 0 Å². The molecule has 2 aromatic heterocycles. The number of nitrogens with zero attached hydrogens (tertiary/aromatic N) is 2. The fraction of sp³-hybridized carbons (Fsp3) is 0.300. The number of hydrogen-bond acceptors (Lipinski definition) is 7. The van der Waals surface area contributed by atoms with Gasteiger partial charge in [-0.25, -0.2) is 9.78 Å². The van der Waals surface area contributed by atoms with Gasteiger partial charge in [-0.3, -0.25) is 14.2 Å². The molecule has 0 N–H and O–H groups in total. The summed E-state index contributed by atoms with van der Waals surface area (Å²) in [5.41, 5.74) is 0.634. The molecule has 0 bridgehead atoms. The van der Waals surface area contributed by atoms with E-state index in [1.807, 2.05) is 0 Å². The molecule has 0 aliphatic heterocycles. The van der Waals surface area contributed by atoms with Gasteiger partial charge in [-0.2, -0.15) is 0 Å². The molecule has 0 atom stereocenters. The summed E-state index contributed by atoms with van der Waals surface area (Å²) in [7, 11) is 1.55. The van der Waals surface area contributed by atoms with Crippen LogP contribution < -0.4 is 10.3 Å². The number of carbonyl (C=O) groups excluding carboxylic acids is 2. The number of aromatic nitrogens is 2. The summed E-state index contributed by atoms with van der Waals surface area (Å²) in [4.78, 5) is 42.7. The summed E-state index contributed by atoms with van der Waals surface area (Å²) in [5, 5.41) is 0.339. The van der Waals surface area contributed by atoms with Crippen LogP contribution in [0.2, 0.25) is 0 Å². The normalized spacial score (nSPS) is 11.0. The number of methoxy groups -OCH3 is 1. The summed E-state index contributed by atoms with van der Waals surface area (Å²) < 4.78 is 11.6. The summed E-state index contributed by atoms with van der Waals surface area (Å²) in [6, 6.07) is 6.67.